The first kappa shape index (κ1) is 15.0. The van der Waals surface area contributed by atoms with Crippen molar-refractivity contribution in [2.75, 3.05) is 0 Å². The number of aryl methyl sites for hydroxylation is 1. The minimum Gasteiger partial charge on any atom is -0.339 e. The van der Waals surface area contributed by atoms with E-state index in [9.17, 15) is 4.79 Å². The number of thiazole rings is 1. The molecule has 0 saturated heterocycles. The average Bonchev–Trinajstić information content (AvgIpc) is 3.01. The van der Waals surface area contributed by atoms with Crippen LogP contribution in [0.2, 0.25) is 5.02 Å². The highest BCUT2D eigenvalue weighted by atomic mass is 35.5. The van der Waals surface area contributed by atoms with Gasteiger partial charge in [-0.2, -0.15) is 5.10 Å². The zero-order valence-corrected chi connectivity index (χ0v) is 14.0. The predicted octanol–water partition coefficient (Wildman–Crippen LogP) is 3.35. The summed E-state index contributed by atoms with van der Waals surface area (Å²) in [5.74, 6) is -0.310. The molecule has 1 aromatic carbocycles. The van der Waals surface area contributed by atoms with E-state index in [0.717, 1.165) is 15.2 Å². The molecule has 0 aliphatic carbocycles. The lowest BCUT2D eigenvalue weighted by Gasteiger charge is -2.23. The summed E-state index contributed by atoms with van der Waals surface area (Å²) in [6, 6.07) is 7.90. The van der Waals surface area contributed by atoms with Crippen molar-refractivity contribution in [2.45, 2.75) is 19.4 Å². The average molecular weight is 335 g/mol. The van der Waals surface area contributed by atoms with Gasteiger partial charge in [-0.05, 0) is 26.0 Å². The smallest absolute Gasteiger partial charge is 0.274 e. The SMILES string of the molecule is Cn1cc(Cl)c(C(=O)NC(C)(C)c2nc3ccccc3s2)n1. The first-order valence-electron chi connectivity index (χ1n) is 6.74. The lowest BCUT2D eigenvalue weighted by molar-refractivity contribution is 0.0906. The molecule has 0 aliphatic rings. The molecule has 1 amide bonds. The lowest BCUT2D eigenvalue weighted by atomic mass is 10.1. The highest BCUT2D eigenvalue weighted by Crippen LogP contribution is 2.30. The Bertz CT molecular complexity index is 819. The van der Waals surface area contributed by atoms with Gasteiger partial charge in [0.25, 0.3) is 5.91 Å². The molecule has 0 atom stereocenters. The number of hydrogen-bond acceptors (Lipinski definition) is 4. The second-order valence-electron chi connectivity index (χ2n) is 5.57. The highest BCUT2D eigenvalue weighted by molar-refractivity contribution is 7.18. The minimum absolute atomic E-state index is 0.221. The molecule has 0 aliphatic heterocycles. The Hall–Kier alpha value is -1.92. The van der Waals surface area contributed by atoms with Gasteiger partial charge in [0.05, 0.1) is 20.8 Å². The summed E-state index contributed by atoms with van der Waals surface area (Å²) in [5.41, 5.74) is 0.542. The van der Waals surface area contributed by atoms with Crippen molar-refractivity contribution >= 4 is 39.1 Å². The molecule has 0 saturated carbocycles. The summed E-state index contributed by atoms with van der Waals surface area (Å²) >= 11 is 7.59. The molecule has 2 aromatic heterocycles. The molecule has 3 aromatic rings. The molecule has 0 unspecified atom stereocenters. The third kappa shape index (κ3) is 2.71. The van der Waals surface area contributed by atoms with E-state index < -0.39 is 5.54 Å². The fourth-order valence-electron chi connectivity index (χ4n) is 2.15. The predicted molar refractivity (Wildman–Crippen MR) is 88.3 cm³/mol. The molecule has 0 bridgehead atoms. The van der Waals surface area contributed by atoms with Crippen molar-refractivity contribution in [3.8, 4) is 0 Å². The number of rotatable bonds is 3. The van der Waals surface area contributed by atoms with Crippen LogP contribution >= 0.6 is 22.9 Å². The van der Waals surface area contributed by atoms with Crippen molar-refractivity contribution in [1.29, 1.82) is 0 Å². The third-order valence-corrected chi connectivity index (χ3v) is 4.89. The van der Waals surface area contributed by atoms with Crippen LogP contribution in [-0.4, -0.2) is 20.7 Å². The van der Waals surface area contributed by atoms with Gasteiger partial charge in [0, 0.05) is 13.2 Å². The molecule has 2 heterocycles. The Morgan fingerprint density at radius 2 is 2.09 bits per heavy atom. The molecule has 5 nitrogen and oxygen atoms in total. The Morgan fingerprint density at radius 1 is 1.36 bits per heavy atom. The summed E-state index contributed by atoms with van der Waals surface area (Å²) in [4.78, 5) is 17.0. The molecule has 1 N–H and O–H groups in total. The number of fused-ring (bicyclic) bond motifs is 1. The first-order valence-corrected chi connectivity index (χ1v) is 7.94. The number of hydrogen-bond donors (Lipinski definition) is 1. The van der Waals surface area contributed by atoms with E-state index in [4.69, 9.17) is 11.6 Å². The van der Waals surface area contributed by atoms with E-state index in [-0.39, 0.29) is 11.6 Å². The maximum Gasteiger partial charge on any atom is 0.274 e. The Labute approximate surface area is 136 Å². The van der Waals surface area contributed by atoms with Crippen molar-refractivity contribution in [2.24, 2.45) is 7.05 Å². The molecular weight excluding hydrogens is 320 g/mol. The largest absolute Gasteiger partial charge is 0.339 e. The van der Waals surface area contributed by atoms with E-state index in [1.54, 1.807) is 24.6 Å². The molecular formula is C15H15ClN4OS. The Kier molecular flexibility index (Phi) is 3.66. The summed E-state index contributed by atoms with van der Waals surface area (Å²) in [5, 5.41) is 8.21. The standard InChI is InChI=1S/C15H15ClN4OS/c1-15(2,14-17-10-6-4-5-7-11(10)22-14)18-13(21)12-9(16)8-20(3)19-12/h4-8H,1-3H3,(H,18,21). The molecule has 0 fully saturated rings. The number of amides is 1. The van der Waals surface area contributed by atoms with Crippen LogP contribution < -0.4 is 5.32 Å². The summed E-state index contributed by atoms with van der Waals surface area (Å²) in [6.45, 7) is 3.83. The zero-order valence-electron chi connectivity index (χ0n) is 12.4. The monoisotopic (exact) mass is 334 g/mol. The van der Waals surface area contributed by atoms with Gasteiger partial charge in [-0.15, -0.1) is 11.3 Å². The summed E-state index contributed by atoms with van der Waals surface area (Å²) in [6.07, 6.45) is 1.60. The maximum atomic E-state index is 12.4. The van der Waals surface area contributed by atoms with Crippen LogP contribution in [0.3, 0.4) is 0 Å². The number of benzene rings is 1. The quantitative estimate of drug-likeness (QED) is 0.799. The number of halogens is 1. The van der Waals surface area contributed by atoms with Crippen molar-refractivity contribution in [1.82, 2.24) is 20.1 Å². The number of nitrogens with zero attached hydrogens (tertiary/aromatic N) is 3. The number of carbonyl (C=O) groups excluding carboxylic acids is 1. The second kappa shape index (κ2) is 5.37. The number of nitrogens with one attached hydrogen (secondary N) is 1. The normalized spacial score (nSPS) is 11.8. The first-order chi connectivity index (χ1) is 10.4. The van der Waals surface area contributed by atoms with E-state index >= 15 is 0 Å². The summed E-state index contributed by atoms with van der Waals surface area (Å²) in [7, 11) is 1.72. The summed E-state index contributed by atoms with van der Waals surface area (Å²) < 4.78 is 2.61. The zero-order chi connectivity index (χ0) is 15.9. The van der Waals surface area contributed by atoms with Crippen molar-refractivity contribution in [3.05, 3.63) is 46.2 Å². The van der Waals surface area contributed by atoms with Crippen molar-refractivity contribution < 1.29 is 4.79 Å². The van der Waals surface area contributed by atoms with E-state index in [0.29, 0.717) is 5.02 Å². The van der Waals surface area contributed by atoms with Crippen LogP contribution in [0.15, 0.2) is 30.5 Å². The molecule has 3 rings (SSSR count). The Balaban J connectivity index is 1.89. The van der Waals surface area contributed by atoms with Gasteiger partial charge in [0.2, 0.25) is 0 Å². The van der Waals surface area contributed by atoms with Gasteiger partial charge >= 0.3 is 0 Å². The van der Waals surface area contributed by atoms with Crippen LogP contribution in [0.1, 0.15) is 29.3 Å². The molecule has 114 valence electrons. The topological polar surface area (TPSA) is 59.8 Å². The van der Waals surface area contributed by atoms with Crippen LogP contribution in [0, 0.1) is 0 Å². The fraction of sp³-hybridized carbons (Fsp3) is 0.267. The molecule has 0 spiro atoms. The van der Waals surface area contributed by atoms with Gasteiger partial charge in [-0.1, -0.05) is 23.7 Å². The number of aromatic nitrogens is 3. The van der Waals surface area contributed by atoms with E-state index in [2.05, 4.69) is 15.4 Å². The van der Waals surface area contributed by atoms with Gasteiger partial charge in [0.15, 0.2) is 5.69 Å². The van der Waals surface area contributed by atoms with Gasteiger partial charge in [0.1, 0.15) is 5.01 Å². The second-order valence-corrected chi connectivity index (χ2v) is 7.00. The van der Waals surface area contributed by atoms with Crippen LogP contribution in [0.4, 0.5) is 0 Å². The van der Waals surface area contributed by atoms with E-state index in [1.807, 2.05) is 38.1 Å². The van der Waals surface area contributed by atoms with E-state index in [1.165, 1.54) is 4.68 Å². The molecule has 7 heteroatoms. The van der Waals surface area contributed by atoms with Gasteiger partial charge in [-0.25, -0.2) is 4.98 Å². The van der Waals surface area contributed by atoms with Crippen LogP contribution in [-0.2, 0) is 12.6 Å². The third-order valence-electron chi connectivity index (χ3n) is 3.25. The maximum absolute atomic E-state index is 12.4. The lowest BCUT2D eigenvalue weighted by Crippen LogP contribution is -2.41. The Morgan fingerprint density at radius 3 is 2.73 bits per heavy atom. The molecule has 22 heavy (non-hydrogen) atoms. The minimum atomic E-state index is -0.610. The fourth-order valence-corrected chi connectivity index (χ4v) is 3.44. The number of para-hydroxylation sites is 1. The highest BCUT2D eigenvalue weighted by Gasteiger charge is 2.29. The van der Waals surface area contributed by atoms with Crippen LogP contribution in [0.5, 0.6) is 0 Å². The number of carbonyl (C=O) groups is 1. The molecule has 0 radical (unpaired) electrons. The van der Waals surface area contributed by atoms with Gasteiger partial charge < -0.3 is 5.32 Å². The van der Waals surface area contributed by atoms with Gasteiger partial charge in [-0.3, -0.25) is 9.48 Å². The van der Waals surface area contributed by atoms with Crippen LogP contribution in [0.25, 0.3) is 10.2 Å². The van der Waals surface area contributed by atoms with Crippen molar-refractivity contribution in [3.63, 3.8) is 0 Å².